The Morgan fingerprint density at radius 2 is 1.65 bits per heavy atom. The second-order valence-electron chi connectivity index (χ2n) is 9.51. The van der Waals surface area contributed by atoms with E-state index < -0.39 is 23.1 Å². The predicted molar refractivity (Wildman–Crippen MR) is 119 cm³/mol. The van der Waals surface area contributed by atoms with Crippen molar-refractivity contribution in [3.05, 3.63) is 65.5 Å². The van der Waals surface area contributed by atoms with Gasteiger partial charge in [0.2, 0.25) is 5.91 Å². The van der Waals surface area contributed by atoms with E-state index >= 15 is 0 Å². The van der Waals surface area contributed by atoms with Gasteiger partial charge < -0.3 is 15.7 Å². The van der Waals surface area contributed by atoms with Crippen LogP contribution in [-0.2, 0) is 15.8 Å². The third-order valence-corrected chi connectivity index (χ3v) is 7.31. The molecular weight excluding hydrogens is 447 g/mol. The lowest BCUT2D eigenvalue weighted by molar-refractivity contribution is -0.258. The zero-order chi connectivity index (χ0) is 24.7. The fourth-order valence-electron chi connectivity index (χ4n) is 4.93. The molecule has 2 aliphatic rings. The van der Waals surface area contributed by atoms with E-state index in [9.17, 15) is 27.9 Å². The highest BCUT2D eigenvalue weighted by Gasteiger charge is 2.51. The Balaban J connectivity index is 1.53. The van der Waals surface area contributed by atoms with Gasteiger partial charge in [-0.05, 0) is 74.8 Å². The maximum atomic E-state index is 13.4. The summed E-state index contributed by atoms with van der Waals surface area (Å²) in [4.78, 5) is 31.8. The van der Waals surface area contributed by atoms with Crippen molar-refractivity contribution in [2.45, 2.75) is 74.7 Å². The van der Waals surface area contributed by atoms with Gasteiger partial charge in [0.15, 0.2) is 5.60 Å². The predicted octanol–water partition coefficient (Wildman–Crippen LogP) is 3.82. The van der Waals surface area contributed by atoms with E-state index in [1.807, 2.05) is 11.0 Å². The summed E-state index contributed by atoms with van der Waals surface area (Å²) in [6.07, 6.45) is 2.34. The number of halogens is 3. The first-order chi connectivity index (χ1) is 16.0. The third kappa shape index (κ3) is 4.29. The number of rotatable bonds is 6. The number of pyridine rings is 1. The lowest BCUT2D eigenvalue weighted by Crippen LogP contribution is -2.50. The Labute approximate surface area is 196 Å². The Kier molecular flexibility index (Phi) is 6.18. The highest BCUT2D eigenvalue weighted by Crippen LogP contribution is 2.43. The summed E-state index contributed by atoms with van der Waals surface area (Å²) in [5.74, 6) is -0.658. The van der Waals surface area contributed by atoms with Gasteiger partial charge in [0.1, 0.15) is 0 Å². The number of hydrogen-bond acceptors (Lipinski definition) is 4. The molecule has 1 aromatic heterocycles. The van der Waals surface area contributed by atoms with Crippen LogP contribution in [0.2, 0.25) is 0 Å². The van der Waals surface area contributed by atoms with Crippen molar-refractivity contribution >= 4 is 11.8 Å². The topological polar surface area (TPSA) is 96.5 Å². The van der Waals surface area contributed by atoms with Crippen molar-refractivity contribution in [1.29, 1.82) is 0 Å². The lowest BCUT2D eigenvalue weighted by Gasteiger charge is -2.42. The van der Waals surface area contributed by atoms with E-state index in [-0.39, 0.29) is 29.1 Å². The van der Waals surface area contributed by atoms with Crippen LogP contribution in [0.1, 0.15) is 66.9 Å². The lowest BCUT2D eigenvalue weighted by atomic mass is 9.67. The molecule has 2 aliphatic carbocycles. The van der Waals surface area contributed by atoms with Gasteiger partial charge in [0, 0.05) is 30.0 Å². The molecule has 9 heteroatoms. The quantitative estimate of drug-likeness (QED) is 0.664. The summed E-state index contributed by atoms with van der Waals surface area (Å²) in [7, 11) is 0. The van der Waals surface area contributed by atoms with E-state index in [2.05, 4.69) is 4.98 Å². The normalized spacial score (nSPS) is 24.8. The van der Waals surface area contributed by atoms with Crippen molar-refractivity contribution in [3.63, 3.8) is 0 Å². The smallest absolute Gasteiger partial charge is 0.376 e. The first-order valence-corrected chi connectivity index (χ1v) is 11.4. The molecule has 1 atom stereocenters. The summed E-state index contributed by atoms with van der Waals surface area (Å²) in [6, 6.07) is 8.56. The van der Waals surface area contributed by atoms with Crippen LogP contribution in [0.25, 0.3) is 0 Å². The molecule has 3 N–H and O–H groups in total. The van der Waals surface area contributed by atoms with E-state index in [0.29, 0.717) is 32.6 Å². The van der Waals surface area contributed by atoms with E-state index in [4.69, 9.17) is 5.73 Å². The summed E-state index contributed by atoms with van der Waals surface area (Å²) >= 11 is 0. The molecule has 2 aromatic rings. The van der Waals surface area contributed by atoms with Gasteiger partial charge in [-0.15, -0.1) is 0 Å². The number of amides is 2. The zero-order valence-electron chi connectivity index (χ0n) is 18.9. The van der Waals surface area contributed by atoms with Crippen LogP contribution in [0, 0.1) is 0 Å². The van der Waals surface area contributed by atoms with E-state index in [0.717, 1.165) is 30.5 Å². The summed E-state index contributed by atoms with van der Waals surface area (Å²) < 4.78 is 39.4. The first-order valence-electron chi connectivity index (χ1n) is 11.4. The molecule has 2 fully saturated rings. The first kappa shape index (κ1) is 24.2. The molecule has 2 amide bonds. The van der Waals surface area contributed by atoms with Gasteiger partial charge in [0.05, 0.1) is 5.41 Å². The minimum Gasteiger partial charge on any atom is -0.376 e. The van der Waals surface area contributed by atoms with Crippen molar-refractivity contribution in [3.8, 4) is 0 Å². The van der Waals surface area contributed by atoms with Gasteiger partial charge in [0.25, 0.3) is 5.91 Å². The molecular formula is C25H28F3N3O3. The maximum Gasteiger partial charge on any atom is 0.421 e. The summed E-state index contributed by atoms with van der Waals surface area (Å²) in [5.41, 5.74) is 2.71. The van der Waals surface area contributed by atoms with Crippen molar-refractivity contribution < 1.29 is 27.9 Å². The fourth-order valence-corrected chi connectivity index (χ4v) is 4.93. The van der Waals surface area contributed by atoms with Crippen molar-refractivity contribution in [1.82, 2.24) is 9.88 Å². The van der Waals surface area contributed by atoms with Crippen LogP contribution >= 0.6 is 0 Å². The monoisotopic (exact) mass is 475 g/mol. The average molecular weight is 476 g/mol. The Bertz CT molecular complexity index is 1040. The number of nitrogens with zero attached hydrogens (tertiary/aromatic N) is 2. The average Bonchev–Trinajstić information content (AvgIpc) is 3.64. The van der Waals surface area contributed by atoms with Crippen LogP contribution in [-0.4, -0.2) is 45.1 Å². The van der Waals surface area contributed by atoms with Crippen LogP contribution in [0.3, 0.4) is 0 Å². The molecule has 182 valence electrons. The highest BCUT2D eigenvalue weighted by molar-refractivity contribution is 5.95. The van der Waals surface area contributed by atoms with Gasteiger partial charge in [-0.2, -0.15) is 13.2 Å². The molecule has 0 spiro atoms. The Morgan fingerprint density at radius 3 is 2.12 bits per heavy atom. The van der Waals surface area contributed by atoms with Crippen molar-refractivity contribution in [2.75, 3.05) is 0 Å². The largest absolute Gasteiger partial charge is 0.421 e. The number of carbonyl (C=O) groups is 2. The molecule has 1 aromatic carbocycles. The van der Waals surface area contributed by atoms with Gasteiger partial charge >= 0.3 is 6.18 Å². The minimum atomic E-state index is -4.83. The van der Waals surface area contributed by atoms with Gasteiger partial charge in [-0.25, -0.2) is 0 Å². The molecule has 4 rings (SSSR count). The number of aromatic nitrogens is 1. The van der Waals surface area contributed by atoms with E-state index in [1.54, 1.807) is 18.5 Å². The number of hydrogen-bond donors (Lipinski definition) is 2. The van der Waals surface area contributed by atoms with Crippen LogP contribution in [0.15, 0.2) is 48.8 Å². The number of benzene rings is 1. The third-order valence-electron chi connectivity index (χ3n) is 7.31. The molecule has 6 nitrogen and oxygen atoms in total. The zero-order valence-corrected chi connectivity index (χ0v) is 18.9. The number of carbonyl (C=O) groups excluding carboxylic acids is 2. The molecule has 1 heterocycles. The van der Waals surface area contributed by atoms with Gasteiger partial charge in [-0.1, -0.05) is 18.2 Å². The van der Waals surface area contributed by atoms with Crippen LogP contribution in [0.4, 0.5) is 13.2 Å². The summed E-state index contributed by atoms with van der Waals surface area (Å²) in [5, 5.41) is 9.89. The second kappa shape index (κ2) is 8.69. The van der Waals surface area contributed by atoms with Crippen molar-refractivity contribution in [2.24, 2.45) is 5.73 Å². The molecule has 0 radical (unpaired) electrons. The Morgan fingerprint density at radius 1 is 1.06 bits per heavy atom. The molecule has 0 bridgehead atoms. The molecule has 0 unspecified atom stereocenters. The minimum absolute atomic E-state index is 0.0786. The number of aliphatic hydroxyl groups is 1. The number of nitrogens with two attached hydrogens (primary N) is 1. The number of primary amides is 1. The summed E-state index contributed by atoms with van der Waals surface area (Å²) in [6.45, 7) is 0.690. The SMILES string of the molecule is C[C@](O)(c1ccc(C(=O)N(C2CC2)[C@H]2CC[C@](C(N)=O)(c3cccnc3)CC2)cc1)C(F)(F)F. The molecule has 0 aliphatic heterocycles. The maximum absolute atomic E-state index is 13.4. The second-order valence-corrected chi connectivity index (χ2v) is 9.51. The number of alkyl halides is 3. The molecule has 0 saturated heterocycles. The van der Waals surface area contributed by atoms with Gasteiger partial charge in [-0.3, -0.25) is 14.6 Å². The molecule has 34 heavy (non-hydrogen) atoms. The van der Waals surface area contributed by atoms with Crippen LogP contribution < -0.4 is 5.73 Å². The Hall–Kier alpha value is -2.94. The highest BCUT2D eigenvalue weighted by atomic mass is 19.4. The standard InChI is InChI=1S/C25H28F3N3O3/c1-23(34,25(26,27)28)17-6-4-16(5-7-17)21(32)31(19-8-9-19)20-10-12-24(13-11-20,22(29)33)18-3-2-14-30-15-18/h2-7,14-15,19-20,34H,8-13H2,1H3,(H2,29,33)/t20-,23-,24+/m0/s1. The fraction of sp³-hybridized carbons (Fsp3) is 0.480. The van der Waals surface area contributed by atoms with E-state index in [1.165, 1.54) is 12.1 Å². The molecule has 2 saturated carbocycles. The van der Waals surface area contributed by atoms with Crippen LogP contribution in [0.5, 0.6) is 0 Å².